The topological polar surface area (TPSA) is 91.1 Å². The normalized spacial score (nSPS) is 11.5. The van der Waals surface area contributed by atoms with Crippen LogP contribution in [-0.4, -0.2) is 19.3 Å². The van der Waals surface area contributed by atoms with Gasteiger partial charge in [0.15, 0.2) is 0 Å². The van der Waals surface area contributed by atoms with Gasteiger partial charge in [0, 0.05) is 27.7 Å². The Morgan fingerprint density at radius 3 is 2.70 bits per heavy atom. The zero-order valence-electron chi connectivity index (χ0n) is 11.7. The molecule has 6 nitrogen and oxygen atoms in total. The smallest absolute Gasteiger partial charge is 0.266 e. The minimum atomic E-state index is -3.89. The highest BCUT2D eigenvalue weighted by Crippen LogP contribution is 2.16. The van der Waals surface area contributed by atoms with E-state index in [1.165, 1.54) is 18.2 Å². The molecule has 1 amide bonds. The largest absolute Gasteiger partial charge is 0.361 e. The first-order valence-electron chi connectivity index (χ1n) is 6.60. The summed E-state index contributed by atoms with van der Waals surface area (Å²) in [5, 5.41) is 1.15. The van der Waals surface area contributed by atoms with Crippen LogP contribution in [-0.2, 0) is 10.0 Å². The average molecular weight is 350 g/mol. The Kier molecular flexibility index (Phi) is 4.08. The van der Waals surface area contributed by atoms with Gasteiger partial charge in [-0.25, -0.2) is 8.42 Å². The number of amides is 1. The quantitative estimate of drug-likeness (QED) is 0.632. The van der Waals surface area contributed by atoms with Crippen LogP contribution in [0, 0.1) is 0 Å². The second-order valence-corrected chi connectivity index (χ2v) is 6.92. The van der Waals surface area contributed by atoms with E-state index in [0.29, 0.717) is 5.56 Å². The van der Waals surface area contributed by atoms with Gasteiger partial charge in [0.2, 0.25) is 0 Å². The van der Waals surface area contributed by atoms with Crippen molar-refractivity contribution in [3.63, 3.8) is 0 Å². The Labute approximate surface area is 137 Å². The summed E-state index contributed by atoms with van der Waals surface area (Å²) in [6, 6.07) is 12.6. The van der Waals surface area contributed by atoms with E-state index in [9.17, 15) is 13.2 Å². The van der Waals surface area contributed by atoms with Crippen molar-refractivity contribution in [2.45, 2.75) is 4.90 Å². The van der Waals surface area contributed by atoms with Crippen LogP contribution in [0.4, 0.5) is 0 Å². The number of carbonyl (C=O) groups is 1. The lowest BCUT2D eigenvalue weighted by Gasteiger charge is -2.09. The van der Waals surface area contributed by atoms with Crippen molar-refractivity contribution < 1.29 is 13.2 Å². The summed E-state index contributed by atoms with van der Waals surface area (Å²) < 4.78 is 24.2. The van der Waals surface area contributed by atoms with E-state index in [2.05, 4.69) is 10.4 Å². The van der Waals surface area contributed by atoms with Gasteiger partial charge in [-0.1, -0.05) is 17.7 Å². The van der Waals surface area contributed by atoms with Gasteiger partial charge in [-0.05, 0) is 42.5 Å². The van der Waals surface area contributed by atoms with Gasteiger partial charge >= 0.3 is 0 Å². The first-order valence-corrected chi connectivity index (χ1v) is 8.47. The molecule has 0 fully saturated rings. The zero-order chi connectivity index (χ0) is 16.4. The molecule has 8 heteroatoms. The third-order valence-corrected chi connectivity index (χ3v) is 4.70. The van der Waals surface area contributed by atoms with Crippen LogP contribution in [0.25, 0.3) is 10.9 Å². The fourth-order valence-electron chi connectivity index (χ4n) is 2.07. The third kappa shape index (κ3) is 3.37. The molecular weight excluding hydrogens is 338 g/mol. The Bertz CT molecular complexity index is 982. The molecular formula is C15H12ClN3O3S. The second kappa shape index (κ2) is 6.04. The van der Waals surface area contributed by atoms with E-state index in [1.807, 2.05) is 10.9 Å². The minimum absolute atomic E-state index is 0.0358. The number of nitrogens with one attached hydrogen (secondary N) is 3. The van der Waals surface area contributed by atoms with Crippen LogP contribution >= 0.6 is 11.6 Å². The van der Waals surface area contributed by atoms with Gasteiger partial charge in [-0.2, -0.15) is 0 Å². The number of carbonyl (C=O) groups excluding carboxylic acids is 1. The Balaban J connectivity index is 1.75. The first-order chi connectivity index (χ1) is 11.0. The molecule has 0 radical (unpaired) electrons. The van der Waals surface area contributed by atoms with Crippen LogP contribution in [0.3, 0.4) is 0 Å². The van der Waals surface area contributed by atoms with E-state index in [4.69, 9.17) is 11.6 Å². The monoisotopic (exact) mass is 349 g/mol. The highest BCUT2D eigenvalue weighted by Gasteiger charge is 2.16. The summed E-state index contributed by atoms with van der Waals surface area (Å²) in [5.41, 5.74) is 3.41. The number of fused-ring (bicyclic) bond motifs is 1. The Morgan fingerprint density at radius 2 is 1.91 bits per heavy atom. The number of aromatic amines is 1. The molecule has 3 aromatic rings. The SMILES string of the molecule is O=C(NNS(=O)(=O)c1cccc(Cl)c1)c1ccc2[nH]ccc2c1. The maximum Gasteiger partial charge on any atom is 0.266 e. The number of aromatic nitrogens is 1. The molecule has 118 valence electrons. The molecule has 0 aliphatic rings. The van der Waals surface area contributed by atoms with Crippen molar-refractivity contribution in [2.75, 3.05) is 0 Å². The van der Waals surface area contributed by atoms with E-state index in [1.54, 1.807) is 30.5 Å². The third-order valence-electron chi connectivity index (χ3n) is 3.22. The van der Waals surface area contributed by atoms with Crippen molar-refractivity contribution in [3.8, 4) is 0 Å². The molecule has 3 N–H and O–H groups in total. The zero-order valence-corrected chi connectivity index (χ0v) is 13.3. The van der Waals surface area contributed by atoms with Gasteiger partial charge in [0.25, 0.3) is 15.9 Å². The van der Waals surface area contributed by atoms with Gasteiger partial charge < -0.3 is 4.98 Å². The second-order valence-electron chi connectivity index (χ2n) is 4.80. The molecule has 0 unspecified atom stereocenters. The fraction of sp³-hybridized carbons (Fsp3) is 0. The number of hydrogen-bond donors (Lipinski definition) is 3. The number of hydrogen-bond acceptors (Lipinski definition) is 3. The van der Waals surface area contributed by atoms with E-state index < -0.39 is 15.9 Å². The van der Waals surface area contributed by atoms with Crippen molar-refractivity contribution in [3.05, 3.63) is 65.3 Å². The molecule has 1 heterocycles. The summed E-state index contributed by atoms with van der Waals surface area (Å²) in [4.78, 5) is 17.1. The predicted octanol–water partition coefficient (Wildman–Crippen LogP) is 2.44. The molecule has 0 aliphatic heterocycles. The molecule has 0 bridgehead atoms. The number of H-pyrrole nitrogens is 1. The molecule has 0 saturated heterocycles. The number of rotatable bonds is 4. The fourth-order valence-corrected chi connectivity index (χ4v) is 3.21. The lowest BCUT2D eigenvalue weighted by atomic mass is 10.1. The molecule has 1 aromatic heterocycles. The maximum atomic E-state index is 12.1. The molecule has 0 spiro atoms. The maximum absolute atomic E-state index is 12.1. The van der Waals surface area contributed by atoms with Crippen LogP contribution in [0.2, 0.25) is 5.02 Å². The summed E-state index contributed by atoms with van der Waals surface area (Å²) in [7, 11) is -3.89. The van der Waals surface area contributed by atoms with Crippen LogP contribution in [0.1, 0.15) is 10.4 Å². The molecule has 2 aromatic carbocycles. The average Bonchev–Trinajstić information content (AvgIpc) is 3.00. The number of sulfonamides is 1. The number of halogens is 1. The predicted molar refractivity (Wildman–Crippen MR) is 87.5 cm³/mol. The Morgan fingerprint density at radius 1 is 1.09 bits per heavy atom. The van der Waals surface area contributed by atoms with Crippen LogP contribution in [0.5, 0.6) is 0 Å². The van der Waals surface area contributed by atoms with Crippen LogP contribution < -0.4 is 10.3 Å². The molecule has 23 heavy (non-hydrogen) atoms. The van der Waals surface area contributed by atoms with Crippen molar-refractivity contribution in [1.82, 2.24) is 15.2 Å². The highest BCUT2D eigenvalue weighted by molar-refractivity contribution is 7.89. The summed E-state index contributed by atoms with van der Waals surface area (Å²) in [6.45, 7) is 0. The lowest BCUT2D eigenvalue weighted by molar-refractivity contribution is 0.0945. The van der Waals surface area contributed by atoms with Gasteiger partial charge in [-0.3, -0.25) is 10.2 Å². The number of hydrazine groups is 1. The molecule has 0 saturated carbocycles. The van der Waals surface area contributed by atoms with Crippen molar-refractivity contribution >= 4 is 38.4 Å². The summed E-state index contributed by atoms with van der Waals surface area (Å²) in [5.74, 6) is -0.557. The van der Waals surface area contributed by atoms with Gasteiger partial charge in [0.1, 0.15) is 0 Å². The first kappa shape index (κ1) is 15.5. The van der Waals surface area contributed by atoms with Crippen molar-refractivity contribution in [1.29, 1.82) is 0 Å². The highest BCUT2D eigenvalue weighted by atomic mass is 35.5. The minimum Gasteiger partial charge on any atom is -0.361 e. The summed E-state index contributed by atoms with van der Waals surface area (Å²) >= 11 is 5.77. The summed E-state index contributed by atoms with van der Waals surface area (Å²) in [6.07, 6.45) is 1.76. The lowest BCUT2D eigenvalue weighted by Crippen LogP contribution is -2.41. The molecule has 0 aliphatic carbocycles. The van der Waals surface area contributed by atoms with Crippen molar-refractivity contribution in [2.24, 2.45) is 0 Å². The van der Waals surface area contributed by atoms with E-state index in [0.717, 1.165) is 10.9 Å². The Hall–Kier alpha value is -2.35. The van der Waals surface area contributed by atoms with Crippen LogP contribution in [0.15, 0.2) is 59.6 Å². The van der Waals surface area contributed by atoms with E-state index >= 15 is 0 Å². The molecule has 3 rings (SSSR count). The van der Waals surface area contributed by atoms with Gasteiger partial charge in [-0.15, -0.1) is 4.83 Å². The van der Waals surface area contributed by atoms with E-state index in [-0.39, 0.29) is 9.92 Å². The standard InChI is InChI=1S/C15H12ClN3O3S/c16-12-2-1-3-13(9-12)23(21,22)19-18-15(20)11-4-5-14-10(8-11)6-7-17-14/h1-9,17,19H,(H,18,20). The number of benzene rings is 2. The molecule has 0 atom stereocenters. The van der Waals surface area contributed by atoms with Gasteiger partial charge in [0.05, 0.1) is 4.90 Å².